The van der Waals surface area contributed by atoms with Crippen LogP contribution < -0.4 is 5.73 Å². The van der Waals surface area contributed by atoms with E-state index in [1.807, 2.05) is 0 Å². The van der Waals surface area contributed by atoms with Crippen molar-refractivity contribution in [2.75, 3.05) is 26.2 Å². The third-order valence-electron chi connectivity index (χ3n) is 3.38. The third kappa shape index (κ3) is 5.75. The maximum absolute atomic E-state index is 12.7. The second-order valence-corrected chi connectivity index (χ2v) is 5.04. The van der Waals surface area contributed by atoms with Crippen molar-refractivity contribution >= 4 is 0 Å². The quantitative estimate of drug-likeness (QED) is 0.792. The van der Waals surface area contributed by atoms with Crippen molar-refractivity contribution in [2.45, 2.75) is 45.0 Å². The first-order valence-corrected chi connectivity index (χ1v) is 6.31. The van der Waals surface area contributed by atoms with Gasteiger partial charge in [-0.3, -0.25) is 0 Å². The minimum atomic E-state index is -2.52. The van der Waals surface area contributed by atoms with E-state index in [9.17, 15) is 8.78 Å². The predicted octanol–water partition coefficient (Wildman–Crippen LogP) is 2.48. The summed E-state index contributed by atoms with van der Waals surface area (Å²) in [7, 11) is 0. The zero-order valence-electron chi connectivity index (χ0n) is 10.2. The zero-order valence-corrected chi connectivity index (χ0v) is 10.2. The van der Waals surface area contributed by atoms with E-state index in [2.05, 4.69) is 4.90 Å². The van der Waals surface area contributed by atoms with Gasteiger partial charge in [0.05, 0.1) is 0 Å². The van der Waals surface area contributed by atoms with Gasteiger partial charge >= 0.3 is 0 Å². The molecule has 2 N–H and O–H groups in total. The Labute approximate surface area is 97.2 Å². The Bertz CT molecular complexity index is 192. The highest BCUT2D eigenvalue weighted by molar-refractivity contribution is 4.72. The first-order chi connectivity index (χ1) is 7.51. The van der Waals surface area contributed by atoms with Crippen LogP contribution >= 0.6 is 0 Å². The highest BCUT2D eigenvalue weighted by atomic mass is 19.3. The van der Waals surface area contributed by atoms with Crippen LogP contribution in [0.25, 0.3) is 0 Å². The first kappa shape index (κ1) is 13.8. The SMILES string of the molecule is CC(F)(F)CCN1CCCC(CCN)CC1. The molecule has 4 heteroatoms. The lowest BCUT2D eigenvalue weighted by Gasteiger charge is -2.21. The fourth-order valence-electron chi connectivity index (χ4n) is 2.33. The van der Waals surface area contributed by atoms with Gasteiger partial charge in [0.1, 0.15) is 0 Å². The van der Waals surface area contributed by atoms with Gasteiger partial charge < -0.3 is 10.6 Å². The topological polar surface area (TPSA) is 29.3 Å². The Hall–Kier alpha value is -0.220. The summed E-state index contributed by atoms with van der Waals surface area (Å²) in [4.78, 5) is 2.17. The molecule has 0 aliphatic carbocycles. The summed E-state index contributed by atoms with van der Waals surface area (Å²) < 4.78 is 25.5. The molecule has 1 aliphatic heterocycles. The number of hydrogen-bond acceptors (Lipinski definition) is 2. The van der Waals surface area contributed by atoms with Gasteiger partial charge in [-0.1, -0.05) is 0 Å². The molecule has 1 rings (SSSR count). The molecule has 0 amide bonds. The van der Waals surface area contributed by atoms with E-state index in [1.165, 1.54) is 6.42 Å². The summed E-state index contributed by atoms with van der Waals surface area (Å²) in [5.41, 5.74) is 5.55. The minimum Gasteiger partial charge on any atom is -0.330 e. The van der Waals surface area contributed by atoms with Crippen LogP contribution in [0, 0.1) is 5.92 Å². The molecular weight excluding hydrogens is 210 g/mol. The molecule has 0 spiro atoms. The van der Waals surface area contributed by atoms with Gasteiger partial charge in [-0.05, 0) is 58.2 Å². The molecule has 0 aromatic rings. The van der Waals surface area contributed by atoms with Gasteiger partial charge in [-0.2, -0.15) is 0 Å². The summed E-state index contributed by atoms with van der Waals surface area (Å²) in [6.07, 6.45) is 4.51. The number of nitrogens with zero attached hydrogens (tertiary/aromatic N) is 1. The Morgan fingerprint density at radius 2 is 2.06 bits per heavy atom. The fourth-order valence-corrected chi connectivity index (χ4v) is 2.33. The van der Waals surface area contributed by atoms with E-state index in [0.717, 1.165) is 45.8 Å². The number of likely N-dealkylation sites (tertiary alicyclic amines) is 1. The normalized spacial score (nSPS) is 24.4. The molecule has 1 saturated heterocycles. The lowest BCUT2D eigenvalue weighted by molar-refractivity contribution is 0.00342. The molecule has 1 unspecified atom stereocenters. The van der Waals surface area contributed by atoms with Crippen molar-refractivity contribution in [2.24, 2.45) is 11.7 Å². The smallest absolute Gasteiger partial charge is 0.246 e. The average molecular weight is 234 g/mol. The van der Waals surface area contributed by atoms with Crippen LogP contribution in [0.15, 0.2) is 0 Å². The number of rotatable bonds is 5. The van der Waals surface area contributed by atoms with E-state index in [4.69, 9.17) is 5.73 Å². The average Bonchev–Trinajstić information content (AvgIpc) is 2.40. The van der Waals surface area contributed by atoms with E-state index in [0.29, 0.717) is 12.5 Å². The summed E-state index contributed by atoms with van der Waals surface area (Å²) in [5.74, 6) is -1.82. The van der Waals surface area contributed by atoms with Crippen molar-refractivity contribution in [3.05, 3.63) is 0 Å². The molecule has 0 saturated carbocycles. The van der Waals surface area contributed by atoms with Crippen molar-refractivity contribution in [1.29, 1.82) is 0 Å². The lowest BCUT2D eigenvalue weighted by atomic mass is 9.97. The van der Waals surface area contributed by atoms with Crippen molar-refractivity contribution in [3.8, 4) is 0 Å². The molecule has 0 radical (unpaired) electrons. The second kappa shape index (κ2) is 6.50. The Morgan fingerprint density at radius 1 is 1.31 bits per heavy atom. The van der Waals surface area contributed by atoms with Gasteiger partial charge in [-0.15, -0.1) is 0 Å². The van der Waals surface area contributed by atoms with Crippen LogP contribution in [-0.4, -0.2) is 37.0 Å². The third-order valence-corrected chi connectivity index (χ3v) is 3.38. The highest BCUT2D eigenvalue weighted by Crippen LogP contribution is 2.22. The maximum atomic E-state index is 12.7. The summed E-state index contributed by atoms with van der Waals surface area (Å²) in [5, 5.41) is 0. The van der Waals surface area contributed by atoms with Crippen LogP contribution in [0.2, 0.25) is 0 Å². The first-order valence-electron chi connectivity index (χ1n) is 6.31. The van der Waals surface area contributed by atoms with Crippen molar-refractivity contribution < 1.29 is 8.78 Å². The van der Waals surface area contributed by atoms with Gasteiger partial charge in [0.2, 0.25) is 5.92 Å². The van der Waals surface area contributed by atoms with Crippen LogP contribution in [0.5, 0.6) is 0 Å². The highest BCUT2D eigenvalue weighted by Gasteiger charge is 2.23. The van der Waals surface area contributed by atoms with Crippen molar-refractivity contribution in [3.63, 3.8) is 0 Å². The largest absolute Gasteiger partial charge is 0.330 e. The van der Waals surface area contributed by atoms with Crippen LogP contribution in [-0.2, 0) is 0 Å². The molecule has 0 aromatic heterocycles. The van der Waals surface area contributed by atoms with Gasteiger partial charge in [-0.25, -0.2) is 8.78 Å². The van der Waals surface area contributed by atoms with E-state index < -0.39 is 5.92 Å². The molecule has 1 aliphatic rings. The predicted molar refractivity (Wildman–Crippen MR) is 62.7 cm³/mol. The molecule has 96 valence electrons. The van der Waals surface area contributed by atoms with Crippen LogP contribution in [0.4, 0.5) is 8.78 Å². The second-order valence-electron chi connectivity index (χ2n) is 5.04. The Kier molecular flexibility index (Phi) is 5.62. The Morgan fingerprint density at radius 3 is 2.69 bits per heavy atom. The molecular formula is C12H24F2N2. The molecule has 2 nitrogen and oxygen atoms in total. The minimum absolute atomic E-state index is 0.0193. The standard InChI is InChI=1S/C12H24F2N2/c1-12(13,14)6-10-16-8-2-3-11(4-7-15)5-9-16/h11H,2-10,15H2,1H3. The van der Waals surface area contributed by atoms with Gasteiger partial charge in [0.15, 0.2) is 0 Å². The molecule has 1 fully saturated rings. The molecule has 0 bridgehead atoms. The van der Waals surface area contributed by atoms with E-state index in [-0.39, 0.29) is 6.42 Å². The summed E-state index contributed by atoms with van der Waals surface area (Å²) in [6, 6.07) is 0. The van der Waals surface area contributed by atoms with E-state index in [1.54, 1.807) is 0 Å². The number of hydrogen-bond donors (Lipinski definition) is 1. The summed E-state index contributed by atoms with van der Waals surface area (Å²) >= 11 is 0. The monoisotopic (exact) mass is 234 g/mol. The zero-order chi connectivity index (χ0) is 12.0. The number of nitrogens with two attached hydrogens (primary N) is 1. The maximum Gasteiger partial charge on any atom is 0.246 e. The molecule has 1 atom stereocenters. The molecule has 1 heterocycles. The van der Waals surface area contributed by atoms with Gasteiger partial charge in [0, 0.05) is 13.0 Å². The lowest BCUT2D eigenvalue weighted by Crippen LogP contribution is -2.29. The van der Waals surface area contributed by atoms with E-state index >= 15 is 0 Å². The van der Waals surface area contributed by atoms with Crippen LogP contribution in [0.1, 0.15) is 39.0 Å². The molecule has 0 aromatic carbocycles. The fraction of sp³-hybridized carbons (Fsp3) is 1.00. The van der Waals surface area contributed by atoms with Crippen molar-refractivity contribution in [1.82, 2.24) is 4.90 Å². The van der Waals surface area contributed by atoms with Gasteiger partial charge in [0.25, 0.3) is 0 Å². The molecule has 16 heavy (non-hydrogen) atoms. The Balaban J connectivity index is 2.25. The van der Waals surface area contributed by atoms with Crippen LogP contribution in [0.3, 0.4) is 0 Å². The summed E-state index contributed by atoms with van der Waals surface area (Å²) in [6.45, 7) is 4.20. The number of alkyl halides is 2. The number of halogens is 2.